The molecule has 0 amide bonds. The summed E-state index contributed by atoms with van der Waals surface area (Å²) in [5.74, 6) is 0.871. The van der Waals surface area contributed by atoms with Gasteiger partial charge < -0.3 is 9.30 Å². The first-order chi connectivity index (χ1) is 14.8. The highest BCUT2D eigenvalue weighted by Gasteiger charge is 2.33. The van der Waals surface area contributed by atoms with E-state index in [1.54, 1.807) is 18.8 Å². The Morgan fingerprint density at radius 2 is 1.84 bits per heavy atom. The van der Waals surface area contributed by atoms with Crippen LogP contribution in [0, 0.1) is 0 Å². The van der Waals surface area contributed by atoms with Crippen LogP contribution in [0.3, 0.4) is 0 Å². The number of alkyl halides is 3. The van der Waals surface area contributed by atoms with Crippen LogP contribution in [-0.4, -0.2) is 51.3 Å². The van der Waals surface area contributed by atoms with E-state index >= 15 is 0 Å². The third-order valence-corrected chi connectivity index (χ3v) is 7.42. The second kappa shape index (κ2) is 8.54. The minimum Gasteiger partial charge on any atom is -0.485 e. The van der Waals surface area contributed by atoms with E-state index in [1.807, 2.05) is 20.1 Å². The van der Waals surface area contributed by atoms with Crippen molar-refractivity contribution in [1.82, 2.24) is 19.5 Å². The van der Waals surface area contributed by atoms with E-state index in [2.05, 4.69) is 15.0 Å². The number of aromatic nitrogens is 4. The van der Waals surface area contributed by atoms with E-state index in [0.29, 0.717) is 11.3 Å². The van der Waals surface area contributed by atoms with Gasteiger partial charge in [0, 0.05) is 18.9 Å². The van der Waals surface area contributed by atoms with Crippen LogP contribution in [0.5, 0.6) is 5.75 Å². The summed E-state index contributed by atoms with van der Waals surface area (Å²) in [7, 11) is -2.18. The van der Waals surface area contributed by atoms with Crippen LogP contribution >= 0.6 is 11.8 Å². The Balaban J connectivity index is 2.18. The molecule has 0 saturated heterocycles. The highest BCUT2D eigenvalue weighted by molar-refractivity contribution is 7.98. The van der Waals surface area contributed by atoms with Crippen LogP contribution in [0.25, 0.3) is 22.6 Å². The molecule has 0 aromatic carbocycles. The predicted molar refractivity (Wildman–Crippen MR) is 118 cm³/mol. The molecule has 12 heteroatoms. The first-order valence-corrected chi connectivity index (χ1v) is 12.6. The average molecular weight is 489 g/mol. The molecule has 0 unspecified atom stereocenters. The molecular weight excluding hydrogens is 465 g/mol. The lowest BCUT2D eigenvalue weighted by Gasteiger charge is -2.25. The standard InChI is InChI=1S/C20H23F3N4O3S2/c1-6-32(28,29)15-7-12(30-19(2,3)11-31-5)9-25-17(15)18-26-13-8-16(20(21,22)23)24-10-14(13)27(18)4/h7-10H,6,11H2,1-5H3. The number of nitrogens with zero attached hydrogens (tertiary/aromatic N) is 4. The zero-order valence-corrected chi connectivity index (χ0v) is 19.8. The summed E-state index contributed by atoms with van der Waals surface area (Å²) in [4.78, 5) is 11.9. The molecule has 3 aromatic heterocycles. The fourth-order valence-corrected chi connectivity index (χ4v) is 4.99. The van der Waals surface area contributed by atoms with Crippen molar-refractivity contribution in [2.75, 3.05) is 17.8 Å². The first-order valence-electron chi connectivity index (χ1n) is 9.60. The monoisotopic (exact) mass is 488 g/mol. The molecular formula is C20H23F3N4O3S2. The number of ether oxygens (including phenoxy) is 1. The van der Waals surface area contributed by atoms with Crippen molar-refractivity contribution in [2.24, 2.45) is 7.05 Å². The van der Waals surface area contributed by atoms with Gasteiger partial charge in [-0.25, -0.2) is 23.4 Å². The molecule has 0 spiro atoms. The smallest absolute Gasteiger partial charge is 0.433 e. The molecule has 174 valence electrons. The quantitative estimate of drug-likeness (QED) is 0.488. The molecule has 0 atom stereocenters. The summed E-state index contributed by atoms with van der Waals surface area (Å²) < 4.78 is 72.2. The third kappa shape index (κ3) is 4.85. The van der Waals surface area contributed by atoms with Crippen molar-refractivity contribution < 1.29 is 26.3 Å². The van der Waals surface area contributed by atoms with Gasteiger partial charge in [-0.15, -0.1) is 0 Å². The zero-order valence-electron chi connectivity index (χ0n) is 18.2. The average Bonchev–Trinajstić information content (AvgIpc) is 3.03. The highest BCUT2D eigenvalue weighted by atomic mass is 32.2. The second-order valence-corrected chi connectivity index (χ2v) is 10.9. The molecule has 3 aromatic rings. The van der Waals surface area contributed by atoms with Crippen LogP contribution in [0.2, 0.25) is 0 Å². The molecule has 0 bridgehead atoms. The SMILES string of the molecule is CCS(=O)(=O)c1cc(OC(C)(C)CSC)cnc1-c1nc2cc(C(F)(F)F)ncc2n1C. The zero-order chi connectivity index (χ0) is 23.9. The van der Waals surface area contributed by atoms with Crippen LogP contribution in [0.4, 0.5) is 13.2 Å². The van der Waals surface area contributed by atoms with Crippen LogP contribution in [-0.2, 0) is 23.1 Å². The van der Waals surface area contributed by atoms with E-state index < -0.39 is 27.3 Å². The molecule has 7 nitrogen and oxygen atoms in total. The number of aryl methyl sites for hydroxylation is 1. The maximum absolute atomic E-state index is 13.0. The van der Waals surface area contributed by atoms with E-state index in [0.717, 1.165) is 12.3 Å². The number of hydrogen-bond acceptors (Lipinski definition) is 7. The third-order valence-electron chi connectivity index (χ3n) is 4.70. The summed E-state index contributed by atoms with van der Waals surface area (Å²) >= 11 is 1.59. The largest absolute Gasteiger partial charge is 0.485 e. The lowest BCUT2D eigenvalue weighted by Crippen LogP contribution is -2.31. The fourth-order valence-electron chi connectivity index (χ4n) is 3.19. The molecule has 0 aliphatic heterocycles. The Hall–Kier alpha value is -2.34. The molecule has 0 aliphatic carbocycles. The first kappa shape index (κ1) is 24.3. The number of halogens is 3. The minimum atomic E-state index is -4.62. The van der Waals surface area contributed by atoms with Gasteiger partial charge >= 0.3 is 6.18 Å². The predicted octanol–water partition coefficient (Wildman–Crippen LogP) is 4.36. The second-order valence-electron chi connectivity index (χ2n) is 7.77. The van der Waals surface area contributed by atoms with Crippen molar-refractivity contribution in [3.8, 4) is 17.3 Å². The van der Waals surface area contributed by atoms with Gasteiger partial charge in [0.15, 0.2) is 15.7 Å². The number of hydrogen-bond donors (Lipinski definition) is 0. The summed E-state index contributed by atoms with van der Waals surface area (Å²) in [5, 5.41) is 0. The van der Waals surface area contributed by atoms with Crippen molar-refractivity contribution >= 4 is 32.6 Å². The number of sulfone groups is 1. The number of imidazole rings is 1. The Morgan fingerprint density at radius 1 is 1.16 bits per heavy atom. The van der Waals surface area contributed by atoms with Crippen molar-refractivity contribution in [3.05, 3.63) is 30.2 Å². The summed E-state index contributed by atoms with van der Waals surface area (Å²) in [6.07, 6.45) is -0.233. The lowest BCUT2D eigenvalue weighted by atomic mass is 10.2. The highest BCUT2D eigenvalue weighted by Crippen LogP contribution is 2.34. The van der Waals surface area contributed by atoms with Gasteiger partial charge in [-0.3, -0.25) is 0 Å². The number of fused-ring (bicyclic) bond motifs is 1. The van der Waals surface area contributed by atoms with Crippen LogP contribution in [0.15, 0.2) is 29.4 Å². The molecule has 0 N–H and O–H groups in total. The Labute approximate surface area is 188 Å². The van der Waals surface area contributed by atoms with Crippen LogP contribution < -0.4 is 4.74 Å². The Kier molecular flexibility index (Phi) is 6.49. The minimum absolute atomic E-state index is 0.0351. The molecule has 0 saturated carbocycles. The Morgan fingerprint density at radius 3 is 2.44 bits per heavy atom. The topological polar surface area (TPSA) is 87.0 Å². The number of pyridine rings is 2. The maximum Gasteiger partial charge on any atom is 0.433 e. The maximum atomic E-state index is 13.0. The van der Waals surface area contributed by atoms with E-state index in [1.165, 1.54) is 23.8 Å². The van der Waals surface area contributed by atoms with Gasteiger partial charge in [0.2, 0.25) is 0 Å². The molecule has 0 radical (unpaired) electrons. The van der Waals surface area contributed by atoms with Gasteiger partial charge in [0.05, 0.1) is 29.2 Å². The molecule has 32 heavy (non-hydrogen) atoms. The summed E-state index contributed by atoms with van der Waals surface area (Å²) in [5.41, 5.74) is -1.25. The normalized spacial score (nSPS) is 13.0. The van der Waals surface area contributed by atoms with Gasteiger partial charge in [0.1, 0.15) is 27.6 Å². The molecule has 3 rings (SSSR count). The summed E-state index contributed by atoms with van der Waals surface area (Å²) in [6, 6.07) is 2.22. The van der Waals surface area contributed by atoms with Gasteiger partial charge in [-0.2, -0.15) is 24.9 Å². The molecule has 0 fully saturated rings. The van der Waals surface area contributed by atoms with Crippen molar-refractivity contribution in [3.63, 3.8) is 0 Å². The number of rotatable bonds is 7. The van der Waals surface area contributed by atoms with Crippen LogP contribution in [0.1, 0.15) is 26.5 Å². The van der Waals surface area contributed by atoms with Gasteiger partial charge in [-0.05, 0) is 26.2 Å². The lowest BCUT2D eigenvalue weighted by molar-refractivity contribution is -0.141. The van der Waals surface area contributed by atoms with Gasteiger partial charge in [-0.1, -0.05) is 6.92 Å². The van der Waals surface area contributed by atoms with Crippen molar-refractivity contribution in [2.45, 2.75) is 37.4 Å². The van der Waals surface area contributed by atoms with E-state index in [4.69, 9.17) is 4.74 Å². The molecule has 0 aliphatic rings. The summed E-state index contributed by atoms with van der Waals surface area (Å²) in [6.45, 7) is 5.25. The Bertz CT molecular complexity index is 1250. The van der Waals surface area contributed by atoms with E-state index in [-0.39, 0.29) is 33.4 Å². The molecule has 3 heterocycles. The fraction of sp³-hybridized carbons (Fsp3) is 0.450. The van der Waals surface area contributed by atoms with Gasteiger partial charge in [0.25, 0.3) is 0 Å². The van der Waals surface area contributed by atoms with E-state index in [9.17, 15) is 21.6 Å². The van der Waals surface area contributed by atoms with Crippen molar-refractivity contribution in [1.29, 1.82) is 0 Å². The number of thioether (sulfide) groups is 1.